The molecule has 1 aliphatic rings. The molecule has 0 saturated carbocycles. The largest absolute Gasteiger partial charge is 0.416 e. The molecular weight excluding hydrogens is 371 g/mol. The van der Waals surface area contributed by atoms with Crippen molar-refractivity contribution < 1.29 is 22.8 Å². The number of hydrogen-bond donors (Lipinski definition) is 2. The SMILES string of the molecule is O=C(c1cccc(C(F)(F)F)c1)C1CNC(C(=O)NCCc2ccccn2)C1. The fraction of sp³-hybridized carbons (Fsp3) is 0.350. The number of halogens is 3. The number of nitrogens with zero attached hydrogens (tertiary/aromatic N) is 1. The van der Waals surface area contributed by atoms with Crippen LogP contribution in [-0.4, -0.2) is 35.8 Å². The first-order valence-electron chi connectivity index (χ1n) is 8.97. The first-order chi connectivity index (χ1) is 13.3. The number of rotatable bonds is 6. The quantitative estimate of drug-likeness (QED) is 0.743. The average molecular weight is 391 g/mol. The van der Waals surface area contributed by atoms with Gasteiger partial charge in [-0.15, -0.1) is 0 Å². The second kappa shape index (κ2) is 8.52. The Labute approximate surface area is 160 Å². The summed E-state index contributed by atoms with van der Waals surface area (Å²) >= 11 is 0. The number of benzene rings is 1. The topological polar surface area (TPSA) is 71.1 Å². The van der Waals surface area contributed by atoms with E-state index in [1.54, 1.807) is 6.20 Å². The van der Waals surface area contributed by atoms with Gasteiger partial charge in [0.2, 0.25) is 5.91 Å². The highest BCUT2D eigenvalue weighted by atomic mass is 19.4. The Kier molecular flexibility index (Phi) is 6.08. The third-order valence-corrected chi connectivity index (χ3v) is 4.70. The number of pyridine rings is 1. The number of nitrogens with one attached hydrogen (secondary N) is 2. The van der Waals surface area contributed by atoms with Gasteiger partial charge in [0.25, 0.3) is 0 Å². The number of ketones is 1. The molecule has 3 rings (SSSR count). The summed E-state index contributed by atoms with van der Waals surface area (Å²) < 4.78 is 38.5. The number of Topliss-reactive ketones (excluding diaryl/α,β-unsaturated/α-hetero) is 1. The summed E-state index contributed by atoms with van der Waals surface area (Å²) in [7, 11) is 0. The smallest absolute Gasteiger partial charge is 0.354 e. The molecule has 0 aliphatic carbocycles. The van der Waals surface area contributed by atoms with Gasteiger partial charge < -0.3 is 10.6 Å². The van der Waals surface area contributed by atoms with E-state index in [1.807, 2.05) is 18.2 Å². The molecule has 1 aromatic carbocycles. The van der Waals surface area contributed by atoms with E-state index in [4.69, 9.17) is 0 Å². The van der Waals surface area contributed by atoms with Gasteiger partial charge in [-0.05, 0) is 30.7 Å². The molecule has 1 aliphatic heterocycles. The second-order valence-corrected chi connectivity index (χ2v) is 6.70. The van der Waals surface area contributed by atoms with Crippen LogP contribution in [0.2, 0.25) is 0 Å². The van der Waals surface area contributed by atoms with Gasteiger partial charge in [-0.25, -0.2) is 0 Å². The van der Waals surface area contributed by atoms with Gasteiger partial charge in [-0.3, -0.25) is 14.6 Å². The molecule has 2 N–H and O–H groups in total. The molecule has 28 heavy (non-hydrogen) atoms. The lowest BCUT2D eigenvalue weighted by molar-refractivity contribution is -0.137. The van der Waals surface area contributed by atoms with Gasteiger partial charge in [0, 0.05) is 42.9 Å². The number of amides is 1. The highest BCUT2D eigenvalue weighted by Crippen LogP contribution is 2.30. The molecule has 2 unspecified atom stereocenters. The zero-order chi connectivity index (χ0) is 20.1. The molecule has 0 bridgehead atoms. The third-order valence-electron chi connectivity index (χ3n) is 4.70. The Balaban J connectivity index is 1.53. The van der Waals surface area contributed by atoms with Crippen LogP contribution in [0.5, 0.6) is 0 Å². The van der Waals surface area contributed by atoms with Gasteiger partial charge in [-0.1, -0.05) is 18.2 Å². The van der Waals surface area contributed by atoms with Crippen molar-refractivity contribution in [2.45, 2.75) is 25.1 Å². The fourth-order valence-electron chi connectivity index (χ4n) is 3.20. The van der Waals surface area contributed by atoms with Crippen molar-refractivity contribution in [2.24, 2.45) is 5.92 Å². The number of aromatic nitrogens is 1. The van der Waals surface area contributed by atoms with E-state index in [0.29, 0.717) is 13.0 Å². The monoisotopic (exact) mass is 391 g/mol. The van der Waals surface area contributed by atoms with Crippen LogP contribution in [-0.2, 0) is 17.4 Å². The minimum absolute atomic E-state index is 0.0119. The summed E-state index contributed by atoms with van der Waals surface area (Å²) in [5, 5.41) is 5.78. The van der Waals surface area contributed by atoms with Gasteiger partial charge in [-0.2, -0.15) is 13.2 Å². The molecular formula is C20H20F3N3O2. The lowest BCUT2D eigenvalue weighted by Gasteiger charge is -2.12. The molecule has 0 radical (unpaired) electrons. The predicted octanol–water partition coefficient (Wildman–Crippen LogP) is 2.62. The molecule has 1 saturated heterocycles. The van der Waals surface area contributed by atoms with E-state index in [-0.39, 0.29) is 30.2 Å². The van der Waals surface area contributed by atoms with Crippen molar-refractivity contribution >= 4 is 11.7 Å². The maximum atomic E-state index is 12.8. The molecule has 1 aromatic heterocycles. The Bertz CT molecular complexity index is 840. The third kappa shape index (κ3) is 4.95. The summed E-state index contributed by atoms with van der Waals surface area (Å²) in [5.41, 5.74) is 0.0192. The number of hydrogen-bond acceptors (Lipinski definition) is 4. The van der Waals surface area contributed by atoms with Crippen LogP contribution < -0.4 is 10.6 Å². The number of carbonyl (C=O) groups is 2. The molecule has 5 nitrogen and oxygen atoms in total. The molecule has 2 heterocycles. The van der Waals surface area contributed by atoms with Crippen molar-refractivity contribution in [3.8, 4) is 0 Å². The number of alkyl halides is 3. The van der Waals surface area contributed by atoms with Crippen LogP contribution in [0.3, 0.4) is 0 Å². The predicted molar refractivity (Wildman–Crippen MR) is 96.6 cm³/mol. The first-order valence-corrected chi connectivity index (χ1v) is 8.97. The standard InChI is InChI=1S/C20H20F3N3O2/c21-20(22,23)15-5-3-4-13(10-15)18(27)14-11-17(26-12-14)19(28)25-9-7-16-6-1-2-8-24-16/h1-6,8,10,14,17,26H,7,9,11-12H2,(H,25,28). The van der Waals surface area contributed by atoms with Crippen LogP contribution in [0.25, 0.3) is 0 Å². The fourth-order valence-corrected chi connectivity index (χ4v) is 3.20. The molecule has 1 amide bonds. The Morgan fingerprint density at radius 3 is 2.71 bits per heavy atom. The van der Waals surface area contributed by atoms with Crippen molar-refractivity contribution in [3.63, 3.8) is 0 Å². The highest BCUT2D eigenvalue weighted by molar-refractivity contribution is 5.99. The van der Waals surface area contributed by atoms with Crippen LogP contribution in [0.4, 0.5) is 13.2 Å². The summed E-state index contributed by atoms with van der Waals surface area (Å²) in [6, 6.07) is 9.40. The molecule has 2 aromatic rings. The zero-order valence-corrected chi connectivity index (χ0v) is 15.0. The second-order valence-electron chi connectivity index (χ2n) is 6.70. The lowest BCUT2D eigenvalue weighted by Crippen LogP contribution is -2.41. The number of carbonyl (C=O) groups excluding carboxylic acids is 2. The van der Waals surface area contributed by atoms with Crippen molar-refractivity contribution in [3.05, 3.63) is 65.5 Å². The van der Waals surface area contributed by atoms with Crippen LogP contribution in [0.15, 0.2) is 48.7 Å². The van der Waals surface area contributed by atoms with E-state index in [0.717, 1.165) is 17.8 Å². The van der Waals surface area contributed by atoms with Crippen LogP contribution in [0, 0.1) is 5.92 Å². The summed E-state index contributed by atoms with van der Waals surface area (Å²) in [4.78, 5) is 29.0. The highest BCUT2D eigenvalue weighted by Gasteiger charge is 2.35. The van der Waals surface area contributed by atoms with Crippen LogP contribution >= 0.6 is 0 Å². The van der Waals surface area contributed by atoms with Crippen molar-refractivity contribution in [1.82, 2.24) is 15.6 Å². The maximum Gasteiger partial charge on any atom is 0.416 e. The first kappa shape index (κ1) is 20.0. The Hall–Kier alpha value is -2.74. The van der Waals surface area contributed by atoms with E-state index >= 15 is 0 Å². The average Bonchev–Trinajstić information content (AvgIpc) is 3.18. The summed E-state index contributed by atoms with van der Waals surface area (Å²) in [6.45, 7) is 0.674. The summed E-state index contributed by atoms with van der Waals surface area (Å²) in [5.74, 6) is -1.15. The molecule has 0 spiro atoms. The van der Waals surface area contributed by atoms with E-state index < -0.39 is 23.7 Å². The minimum atomic E-state index is -4.50. The van der Waals surface area contributed by atoms with E-state index in [2.05, 4.69) is 15.6 Å². The van der Waals surface area contributed by atoms with E-state index in [9.17, 15) is 22.8 Å². The molecule has 1 fully saturated rings. The summed E-state index contributed by atoms with van der Waals surface area (Å²) in [6.07, 6.45) is -1.98. The van der Waals surface area contributed by atoms with E-state index in [1.165, 1.54) is 12.1 Å². The van der Waals surface area contributed by atoms with Crippen molar-refractivity contribution in [1.29, 1.82) is 0 Å². The molecule has 8 heteroatoms. The normalized spacial score (nSPS) is 19.4. The van der Waals surface area contributed by atoms with Gasteiger partial charge in [0.15, 0.2) is 5.78 Å². The van der Waals surface area contributed by atoms with Crippen LogP contribution in [0.1, 0.15) is 28.0 Å². The minimum Gasteiger partial charge on any atom is -0.354 e. The van der Waals surface area contributed by atoms with Gasteiger partial charge in [0.1, 0.15) is 0 Å². The lowest BCUT2D eigenvalue weighted by atomic mass is 9.94. The van der Waals surface area contributed by atoms with Crippen molar-refractivity contribution in [2.75, 3.05) is 13.1 Å². The maximum absolute atomic E-state index is 12.8. The molecule has 2 atom stereocenters. The zero-order valence-electron chi connectivity index (χ0n) is 15.0. The Morgan fingerprint density at radius 1 is 1.18 bits per heavy atom. The van der Waals surface area contributed by atoms with Gasteiger partial charge >= 0.3 is 6.18 Å². The van der Waals surface area contributed by atoms with Gasteiger partial charge in [0.05, 0.1) is 11.6 Å². The molecule has 148 valence electrons. The Morgan fingerprint density at radius 2 is 2.00 bits per heavy atom.